The van der Waals surface area contributed by atoms with Crippen LogP contribution in [0.25, 0.3) is 0 Å². The zero-order valence-corrected chi connectivity index (χ0v) is 14.3. The fraction of sp³-hybridized carbons (Fsp3) is 0.353. The molecule has 7 heteroatoms. The molecule has 0 saturated heterocycles. The van der Waals surface area contributed by atoms with Gasteiger partial charge in [0, 0.05) is 5.69 Å². The molecule has 0 aliphatic heterocycles. The van der Waals surface area contributed by atoms with E-state index in [0.29, 0.717) is 5.75 Å². The summed E-state index contributed by atoms with van der Waals surface area (Å²) in [7, 11) is 0. The standard InChI is InChI=1S/C17H22N4O3/c1-11-9-14(19-18-11)16(23)21-20-15(22)10-24-13-7-5-12(6-8-13)17(2,3)4/h5-9H,10H2,1-4H3,(H,18,19)(H,20,22)(H,21,23). The van der Waals surface area contributed by atoms with Gasteiger partial charge in [-0.25, -0.2) is 0 Å². The summed E-state index contributed by atoms with van der Waals surface area (Å²) in [6, 6.07) is 9.15. The molecule has 128 valence electrons. The van der Waals surface area contributed by atoms with E-state index in [4.69, 9.17) is 4.74 Å². The maximum atomic E-state index is 11.7. The number of aromatic nitrogens is 2. The van der Waals surface area contributed by atoms with Crippen molar-refractivity contribution >= 4 is 11.8 Å². The number of rotatable bonds is 4. The van der Waals surface area contributed by atoms with Crippen molar-refractivity contribution in [2.75, 3.05) is 6.61 Å². The topological polar surface area (TPSA) is 96.1 Å². The SMILES string of the molecule is Cc1cc(C(=O)NNC(=O)COc2ccc(C(C)(C)C)cc2)n[nH]1. The molecular formula is C17H22N4O3. The highest BCUT2D eigenvalue weighted by Gasteiger charge is 2.13. The minimum absolute atomic E-state index is 0.0603. The maximum absolute atomic E-state index is 11.7. The van der Waals surface area contributed by atoms with E-state index in [1.54, 1.807) is 13.0 Å². The maximum Gasteiger partial charge on any atom is 0.290 e. The van der Waals surface area contributed by atoms with Gasteiger partial charge in [0.1, 0.15) is 5.75 Å². The second-order valence-electron chi connectivity index (χ2n) is 6.50. The summed E-state index contributed by atoms with van der Waals surface area (Å²) in [5.41, 5.74) is 6.76. The predicted molar refractivity (Wildman–Crippen MR) is 89.6 cm³/mol. The first-order valence-corrected chi connectivity index (χ1v) is 7.60. The lowest BCUT2D eigenvalue weighted by Crippen LogP contribution is -2.44. The minimum atomic E-state index is -0.498. The third-order valence-electron chi connectivity index (χ3n) is 3.34. The number of ether oxygens (including phenoxy) is 1. The lowest BCUT2D eigenvalue weighted by Gasteiger charge is -2.19. The molecule has 0 aliphatic carbocycles. The first-order chi connectivity index (χ1) is 11.3. The second kappa shape index (κ2) is 7.16. The largest absolute Gasteiger partial charge is 0.484 e. The number of aryl methyl sites for hydroxylation is 1. The molecule has 3 N–H and O–H groups in total. The van der Waals surface area contributed by atoms with E-state index in [-0.39, 0.29) is 17.7 Å². The zero-order chi connectivity index (χ0) is 17.7. The number of hydrazine groups is 1. The fourth-order valence-electron chi connectivity index (χ4n) is 1.96. The molecule has 24 heavy (non-hydrogen) atoms. The van der Waals surface area contributed by atoms with Crippen molar-refractivity contribution < 1.29 is 14.3 Å². The van der Waals surface area contributed by atoms with E-state index in [1.165, 1.54) is 5.56 Å². The monoisotopic (exact) mass is 330 g/mol. The summed E-state index contributed by atoms with van der Waals surface area (Å²) in [6.07, 6.45) is 0. The molecule has 0 aliphatic rings. The van der Waals surface area contributed by atoms with E-state index >= 15 is 0 Å². The summed E-state index contributed by atoms with van der Waals surface area (Å²) in [4.78, 5) is 23.4. The van der Waals surface area contributed by atoms with Crippen LogP contribution in [0.15, 0.2) is 30.3 Å². The van der Waals surface area contributed by atoms with Gasteiger partial charge in [0.2, 0.25) is 0 Å². The van der Waals surface area contributed by atoms with Gasteiger partial charge in [-0.15, -0.1) is 0 Å². The Labute approximate surface area is 140 Å². The minimum Gasteiger partial charge on any atom is -0.484 e. The van der Waals surface area contributed by atoms with Crippen molar-refractivity contribution in [3.63, 3.8) is 0 Å². The molecule has 0 saturated carbocycles. The zero-order valence-electron chi connectivity index (χ0n) is 14.3. The lowest BCUT2D eigenvalue weighted by molar-refractivity contribution is -0.123. The van der Waals surface area contributed by atoms with E-state index < -0.39 is 11.8 Å². The van der Waals surface area contributed by atoms with E-state index in [0.717, 1.165) is 5.69 Å². The Bertz CT molecular complexity index is 714. The number of aromatic amines is 1. The van der Waals surface area contributed by atoms with Crippen LogP contribution >= 0.6 is 0 Å². The van der Waals surface area contributed by atoms with E-state index in [9.17, 15) is 9.59 Å². The van der Waals surface area contributed by atoms with Crippen LogP contribution in [0.1, 0.15) is 42.5 Å². The Balaban J connectivity index is 1.78. The smallest absolute Gasteiger partial charge is 0.290 e. The Hall–Kier alpha value is -2.83. The van der Waals surface area contributed by atoms with E-state index in [1.807, 2.05) is 24.3 Å². The van der Waals surface area contributed by atoms with Crippen molar-refractivity contribution in [3.05, 3.63) is 47.3 Å². The Kier molecular flexibility index (Phi) is 5.23. The van der Waals surface area contributed by atoms with Gasteiger partial charge in [0.15, 0.2) is 12.3 Å². The van der Waals surface area contributed by atoms with Crippen molar-refractivity contribution in [2.45, 2.75) is 33.1 Å². The molecule has 0 unspecified atom stereocenters. The van der Waals surface area contributed by atoms with Crippen LogP contribution in [0.5, 0.6) is 5.75 Å². The van der Waals surface area contributed by atoms with Gasteiger partial charge in [0.25, 0.3) is 11.8 Å². The van der Waals surface area contributed by atoms with Gasteiger partial charge in [-0.05, 0) is 36.1 Å². The molecule has 2 rings (SSSR count). The molecule has 1 aromatic heterocycles. The molecule has 1 heterocycles. The number of carbonyl (C=O) groups excluding carboxylic acids is 2. The number of H-pyrrole nitrogens is 1. The van der Waals surface area contributed by atoms with Crippen LogP contribution in [-0.4, -0.2) is 28.6 Å². The number of hydrogen-bond donors (Lipinski definition) is 3. The third kappa shape index (κ3) is 4.84. The molecular weight excluding hydrogens is 308 g/mol. The summed E-state index contributed by atoms with van der Waals surface area (Å²) in [6.45, 7) is 7.95. The number of nitrogens with zero attached hydrogens (tertiary/aromatic N) is 1. The summed E-state index contributed by atoms with van der Waals surface area (Å²) in [5.74, 6) is -0.370. The van der Waals surface area contributed by atoms with Crippen LogP contribution < -0.4 is 15.6 Å². The highest BCUT2D eigenvalue weighted by Crippen LogP contribution is 2.24. The molecule has 0 spiro atoms. The third-order valence-corrected chi connectivity index (χ3v) is 3.34. The average Bonchev–Trinajstić information content (AvgIpc) is 2.96. The number of benzene rings is 1. The van der Waals surface area contributed by atoms with Crippen LogP contribution in [-0.2, 0) is 10.2 Å². The first-order valence-electron chi connectivity index (χ1n) is 7.60. The van der Waals surface area contributed by atoms with Gasteiger partial charge in [-0.1, -0.05) is 32.9 Å². The quantitative estimate of drug-likeness (QED) is 0.746. The van der Waals surface area contributed by atoms with Crippen LogP contribution in [0.3, 0.4) is 0 Å². The molecule has 0 bridgehead atoms. The molecule has 2 amide bonds. The first kappa shape index (κ1) is 17.5. The molecule has 7 nitrogen and oxygen atoms in total. The van der Waals surface area contributed by atoms with E-state index in [2.05, 4.69) is 41.8 Å². The van der Waals surface area contributed by atoms with Crippen molar-refractivity contribution in [1.29, 1.82) is 0 Å². The highest BCUT2D eigenvalue weighted by molar-refractivity contribution is 5.93. The molecule has 2 aromatic rings. The molecule has 1 aromatic carbocycles. The summed E-state index contributed by atoms with van der Waals surface area (Å²) < 4.78 is 5.39. The number of nitrogens with one attached hydrogen (secondary N) is 3. The van der Waals surface area contributed by atoms with Crippen molar-refractivity contribution in [3.8, 4) is 5.75 Å². The molecule has 0 fully saturated rings. The number of amides is 2. The number of hydrogen-bond acceptors (Lipinski definition) is 4. The highest BCUT2D eigenvalue weighted by atomic mass is 16.5. The Morgan fingerprint density at radius 1 is 1.17 bits per heavy atom. The summed E-state index contributed by atoms with van der Waals surface area (Å²) in [5, 5.41) is 6.45. The predicted octanol–water partition coefficient (Wildman–Crippen LogP) is 1.86. The van der Waals surface area contributed by atoms with Gasteiger partial charge >= 0.3 is 0 Å². The molecule has 0 atom stereocenters. The fourth-order valence-corrected chi connectivity index (χ4v) is 1.96. The summed E-state index contributed by atoms with van der Waals surface area (Å²) >= 11 is 0. The van der Waals surface area contributed by atoms with Gasteiger partial charge in [-0.3, -0.25) is 25.5 Å². The van der Waals surface area contributed by atoms with Crippen LogP contribution in [0, 0.1) is 6.92 Å². The van der Waals surface area contributed by atoms with Crippen LogP contribution in [0.4, 0.5) is 0 Å². The lowest BCUT2D eigenvalue weighted by atomic mass is 9.87. The van der Waals surface area contributed by atoms with Gasteiger partial charge in [-0.2, -0.15) is 5.10 Å². The Morgan fingerprint density at radius 3 is 2.38 bits per heavy atom. The van der Waals surface area contributed by atoms with Gasteiger partial charge in [0.05, 0.1) is 0 Å². The van der Waals surface area contributed by atoms with Gasteiger partial charge < -0.3 is 4.74 Å². The second-order valence-corrected chi connectivity index (χ2v) is 6.50. The molecule has 0 radical (unpaired) electrons. The normalized spacial score (nSPS) is 11.0. The van der Waals surface area contributed by atoms with Crippen molar-refractivity contribution in [1.82, 2.24) is 21.0 Å². The Morgan fingerprint density at radius 2 is 1.83 bits per heavy atom. The van der Waals surface area contributed by atoms with Crippen molar-refractivity contribution in [2.24, 2.45) is 0 Å². The number of carbonyl (C=O) groups is 2. The van der Waals surface area contributed by atoms with Crippen LogP contribution in [0.2, 0.25) is 0 Å². The average molecular weight is 330 g/mol.